The molecule has 36 heavy (non-hydrogen) atoms. The number of nitrogens with zero attached hydrogens (tertiary/aromatic N) is 1. The lowest BCUT2D eigenvalue weighted by Crippen LogP contribution is -2.53. The minimum Gasteiger partial charge on any atom is -0.508 e. The number of amides is 2. The molecule has 182 valence electrons. The van der Waals surface area contributed by atoms with Gasteiger partial charge in [-0.25, -0.2) is 14.4 Å². The van der Waals surface area contributed by atoms with Crippen molar-refractivity contribution in [3.8, 4) is 5.75 Å². The van der Waals surface area contributed by atoms with Crippen molar-refractivity contribution in [1.29, 1.82) is 0 Å². The minimum atomic E-state index is -1.31. The number of aromatic hydroxyl groups is 1. The zero-order chi connectivity index (χ0) is 25.9. The summed E-state index contributed by atoms with van der Waals surface area (Å²) in [6, 6.07) is 10.2. The Hall–Kier alpha value is -4.53. The second kappa shape index (κ2) is 8.01. The number of phenols is 1. The number of hydrogen-bond acceptors (Lipinski definition) is 8. The van der Waals surface area contributed by atoms with Crippen molar-refractivity contribution in [3.05, 3.63) is 76.3 Å². The summed E-state index contributed by atoms with van der Waals surface area (Å²) in [6.07, 6.45) is -0.0495. The molecule has 3 aromatic carbocycles. The summed E-state index contributed by atoms with van der Waals surface area (Å²) < 4.78 is 10.3. The van der Waals surface area contributed by atoms with E-state index in [0.29, 0.717) is 5.56 Å². The summed E-state index contributed by atoms with van der Waals surface area (Å²) in [5, 5.41) is 9.98. The summed E-state index contributed by atoms with van der Waals surface area (Å²) in [5.41, 5.74) is 0.0117. The van der Waals surface area contributed by atoms with Gasteiger partial charge in [-0.2, -0.15) is 0 Å². The number of hydrogen-bond donors (Lipinski definition) is 1. The Morgan fingerprint density at radius 2 is 1.31 bits per heavy atom. The van der Waals surface area contributed by atoms with Crippen molar-refractivity contribution in [2.75, 3.05) is 0 Å². The molecule has 0 radical (unpaired) electrons. The smallest absolute Gasteiger partial charge is 0.346 e. The average molecular weight is 487 g/mol. The fraction of sp³-hybridized carbons (Fsp3) is 0.222. The second-order valence-electron chi connectivity index (χ2n) is 9.65. The highest BCUT2D eigenvalue weighted by atomic mass is 16.6. The summed E-state index contributed by atoms with van der Waals surface area (Å²) in [4.78, 5) is 66.2. The normalized spacial score (nSPS) is 15.7. The van der Waals surface area contributed by atoms with Gasteiger partial charge in [-0.05, 0) is 62.7 Å². The molecule has 0 aromatic heterocycles. The maximum absolute atomic E-state index is 13.7. The SMILES string of the molecule is CC(C)(C)OC(=O)[C@H](Cc1ccc(O)cc1)N1C(=O)c2ccc3c4c(ccc(c24)C1=O)C(=O)OC3=O. The van der Waals surface area contributed by atoms with Gasteiger partial charge in [0.05, 0.1) is 11.1 Å². The number of rotatable bonds is 4. The predicted molar refractivity (Wildman–Crippen MR) is 126 cm³/mol. The first-order valence-electron chi connectivity index (χ1n) is 11.2. The number of carbonyl (C=O) groups excluding carboxylic acids is 5. The summed E-state index contributed by atoms with van der Waals surface area (Å²) in [5.74, 6) is -3.98. The molecule has 0 unspecified atom stereocenters. The molecule has 0 aliphatic carbocycles. The maximum Gasteiger partial charge on any atom is 0.346 e. The lowest BCUT2D eigenvalue weighted by molar-refractivity contribution is -0.159. The molecule has 0 fully saturated rings. The molecular formula is C27H21NO8. The van der Waals surface area contributed by atoms with Gasteiger partial charge < -0.3 is 14.6 Å². The Balaban J connectivity index is 1.65. The fourth-order valence-electron chi connectivity index (χ4n) is 4.53. The lowest BCUT2D eigenvalue weighted by Gasteiger charge is -2.34. The van der Waals surface area contributed by atoms with E-state index < -0.39 is 41.4 Å². The van der Waals surface area contributed by atoms with E-state index in [4.69, 9.17) is 9.47 Å². The molecule has 0 spiro atoms. The molecule has 1 atom stereocenters. The van der Waals surface area contributed by atoms with Gasteiger partial charge in [-0.3, -0.25) is 14.5 Å². The first-order chi connectivity index (χ1) is 17.0. The molecule has 0 saturated carbocycles. The molecule has 1 N–H and O–H groups in total. The quantitative estimate of drug-likeness (QED) is 0.337. The van der Waals surface area contributed by atoms with E-state index in [9.17, 15) is 29.1 Å². The maximum atomic E-state index is 13.7. The Labute approximate surface area is 205 Å². The van der Waals surface area contributed by atoms with Crippen LogP contribution in [0.4, 0.5) is 0 Å². The number of ether oxygens (including phenoxy) is 2. The Morgan fingerprint density at radius 3 is 1.81 bits per heavy atom. The molecule has 0 bridgehead atoms. The standard InChI is InChI=1S/C27H21NO8/c1-27(2,3)36-26(34)19(12-13-4-6-14(29)7-5-13)28-22(30)15-8-10-17-21-18(25(33)35-24(17)32)11-9-16(20(15)21)23(28)31/h4-11,19,29H,12H2,1-3H3/t19-/m0/s1. The van der Waals surface area contributed by atoms with Gasteiger partial charge in [0.2, 0.25) is 0 Å². The van der Waals surface area contributed by atoms with E-state index in [0.717, 1.165) is 4.90 Å². The number of cyclic esters (lactones) is 2. The zero-order valence-corrected chi connectivity index (χ0v) is 19.7. The predicted octanol–water partition coefficient (Wildman–Crippen LogP) is 3.41. The summed E-state index contributed by atoms with van der Waals surface area (Å²) >= 11 is 0. The summed E-state index contributed by atoms with van der Waals surface area (Å²) in [7, 11) is 0. The largest absolute Gasteiger partial charge is 0.508 e. The average Bonchev–Trinajstić information content (AvgIpc) is 2.80. The van der Waals surface area contributed by atoms with Gasteiger partial charge in [-0.15, -0.1) is 0 Å². The van der Waals surface area contributed by atoms with Crippen molar-refractivity contribution in [3.63, 3.8) is 0 Å². The first kappa shape index (κ1) is 23.2. The molecule has 0 saturated heterocycles. The molecular weight excluding hydrogens is 466 g/mol. The van der Waals surface area contributed by atoms with Gasteiger partial charge in [0.25, 0.3) is 11.8 Å². The minimum absolute atomic E-state index is 0.0272. The lowest BCUT2D eigenvalue weighted by atomic mass is 9.86. The van der Waals surface area contributed by atoms with Gasteiger partial charge >= 0.3 is 17.9 Å². The van der Waals surface area contributed by atoms with Crippen molar-refractivity contribution >= 4 is 40.5 Å². The number of esters is 3. The second-order valence-corrected chi connectivity index (χ2v) is 9.65. The molecule has 3 aromatic rings. The van der Waals surface area contributed by atoms with Crippen LogP contribution in [-0.4, -0.2) is 51.4 Å². The van der Waals surface area contributed by atoms with E-state index in [1.54, 1.807) is 32.9 Å². The highest BCUT2D eigenvalue weighted by molar-refractivity contribution is 6.32. The molecule has 2 amide bonds. The molecule has 9 nitrogen and oxygen atoms in total. The molecule has 2 heterocycles. The van der Waals surface area contributed by atoms with Crippen LogP contribution in [0.1, 0.15) is 67.8 Å². The highest BCUT2D eigenvalue weighted by Crippen LogP contribution is 2.38. The van der Waals surface area contributed by atoms with Crippen LogP contribution in [0.25, 0.3) is 10.8 Å². The van der Waals surface area contributed by atoms with Crippen molar-refractivity contribution < 1.29 is 38.6 Å². The fourth-order valence-corrected chi connectivity index (χ4v) is 4.53. The van der Waals surface area contributed by atoms with Crippen LogP contribution >= 0.6 is 0 Å². The number of phenolic OH excluding ortho intramolecular Hbond substituents is 1. The number of benzene rings is 3. The van der Waals surface area contributed by atoms with Gasteiger partial charge in [0, 0.05) is 28.3 Å². The van der Waals surface area contributed by atoms with Crippen LogP contribution in [0, 0.1) is 0 Å². The monoisotopic (exact) mass is 487 g/mol. The van der Waals surface area contributed by atoms with Gasteiger partial charge in [0.1, 0.15) is 17.4 Å². The third kappa shape index (κ3) is 3.69. The third-order valence-corrected chi connectivity index (χ3v) is 6.04. The van der Waals surface area contributed by atoms with Crippen LogP contribution in [0.5, 0.6) is 5.75 Å². The third-order valence-electron chi connectivity index (χ3n) is 6.04. The van der Waals surface area contributed by atoms with E-state index in [2.05, 4.69) is 0 Å². The van der Waals surface area contributed by atoms with E-state index >= 15 is 0 Å². The van der Waals surface area contributed by atoms with Crippen LogP contribution in [-0.2, 0) is 20.7 Å². The van der Waals surface area contributed by atoms with Crippen LogP contribution in [0.3, 0.4) is 0 Å². The Kier molecular flexibility index (Phi) is 5.17. The zero-order valence-electron chi connectivity index (χ0n) is 19.7. The van der Waals surface area contributed by atoms with Gasteiger partial charge in [0.15, 0.2) is 0 Å². The number of carbonyl (C=O) groups is 5. The molecule has 5 rings (SSSR count). The number of imide groups is 1. The molecule has 9 heteroatoms. The Bertz CT molecular complexity index is 1430. The molecule has 2 aliphatic rings. The van der Waals surface area contributed by atoms with Crippen molar-refractivity contribution in [1.82, 2.24) is 4.90 Å². The highest BCUT2D eigenvalue weighted by Gasteiger charge is 2.44. The van der Waals surface area contributed by atoms with E-state index in [1.165, 1.54) is 36.4 Å². The molecule has 2 aliphatic heterocycles. The van der Waals surface area contributed by atoms with Crippen molar-refractivity contribution in [2.24, 2.45) is 0 Å². The van der Waals surface area contributed by atoms with Crippen molar-refractivity contribution in [2.45, 2.75) is 38.8 Å². The van der Waals surface area contributed by atoms with Gasteiger partial charge in [-0.1, -0.05) is 12.1 Å². The Morgan fingerprint density at radius 1 is 0.833 bits per heavy atom. The van der Waals surface area contributed by atoms with Crippen LogP contribution in [0.15, 0.2) is 48.5 Å². The van der Waals surface area contributed by atoms with E-state index in [1.807, 2.05) is 0 Å². The topological polar surface area (TPSA) is 127 Å². The first-order valence-corrected chi connectivity index (χ1v) is 11.2. The van der Waals surface area contributed by atoms with Crippen LogP contribution < -0.4 is 0 Å². The van der Waals surface area contributed by atoms with E-state index in [-0.39, 0.29) is 45.2 Å². The summed E-state index contributed by atoms with van der Waals surface area (Å²) in [6.45, 7) is 5.03. The van der Waals surface area contributed by atoms with Crippen LogP contribution in [0.2, 0.25) is 0 Å².